The van der Waals surface area contributed by atoms with Gasteiger partial charge in [0.15, 0.2) is 18.2 Å². The van der Waals surface area contributed by atoms with Crippen molar-refractivity contribution >= 4 is 80.3 Å². The van der Waals surface area contributed by atoms with E-state index in [2.05, 4.69) is 26.2 Å². The minimum absolute atomic E-state index is 0.0170. The van der Waals surface area contributed by atoms with Gasteiger partial charge in [0.1, 0.15) is 17.1 Å². The van der Waals surface area contributed by atoms with Crippen molar-refractivity contribution < 1.29 is 69.3 Å². The fourth-order valence-electron chi connectivity index (χ4n) is 6.69. The van der Waals surface area contributed by atoms with Gasteiger partial charge in [0, 0.05) is 23.6 Å². The number of imide groups is 1. The molecule has 1 aromatic heterocycles. The number of carbonyl (C=O) groups is 5. The topological polar surface area (TPSA) is 237 Å². The van der Waals surface area contributed by atoms with Crippen LogP contribution in [0.3, 0.4) is 0 Å². The number of ether oxygens (including phenoxy) is 3. The van der Waals surface area contributed by atoms with E-state index in [-0.39, 0.29) is 80.9 Å². The smallest absolute Gasteiger partial charge is 0.389 e. The van der Waals surface area contributed by atoms with Crippen LogP contribution in [0.1, 0.15) is 53.8 Å². The number of hydrogen-bond acceptors (Lipinski definition) is 13. The molecule has 0 fully saturated rings. The van der Waals surface area contributed by atoms with Gasteiger partial charge < -0.3 is 19.3 Å². The number of fused-ring (bicyclic) bond motifs is 1. The first-order chi connectivity index (χ1) is 31.6. The number of sulfonamides is 1. The molecular weight excluding hydrogens is 957 g/mol. The second kappa shape index (κ2) is 21.5. The number of terminal acetylenes is 1. The molecule has 0 atom stereocenters. The number of hydrogen-bond donors (Lipinski definition) is 3. The molecule has 18 nitrogen and oxygen atoms in total. The zero-order valence-corrected chi connectivity index (χ0v) is 37.6. The summed E-state index contributed by atoms with van der Waals surface area (Å²) in [5, 5.41) is 11.2. The summed E-state index contributed by atoms with van der Waals surface area (Å²) in [7, 11) is -1.81. The van der Waals surface area contributed by atoms with Crippen LogP contribution in [-0.4, -0.2) is 91.7 Å². The Morgan fingerprint density at radius 1 is 0.955 bits per heavy atom. The van der Waals surface area contributed by atoms with Crippen LogP contribution in [0.25, 0.3) is 0 Å². The number of urea groups is 1. The zero-order valence-electron chi connectivity index (χ0n) is 35.3. The van der Waals surface area contributed by atoms with Crippen molar-refractivity contribution in [2.75, 3.05) is 42.5 Å². The van der Waals surface area contributed by atoms with Gasteiger partial charge >= 0.3 is 24.2 Å². The first-order valence-electron chi connectivity index (χ1n) is 19.4. The molecule has 0 saturated carbocycles. The summed E-state index contributed by atoms with van der Waals surface area (Å²) in [5.41, 5.74) is 0.807. The molecule has 3 aromatic carbocycles. The largest absolute Gasteiger partial charge is 0.494 e. The van der Waals surface area contributed by atoms with Gasteiger partial charge in [-0.15, -0.1) is 6.42 Å². The molecule has 4 aromatic rings. The average Bonchev–Trinajstić information content (AvgIpc) is 3.52. The predicted octanol–water partition coefficient (Wildman–Crippen LogP) is 6.82. The summed E-state index contributed by atoms with van der Waals surface area (Å²) in [6.45, 7) is 1.24. The molecule has 67 heavy (non-hydrogen) atoms. The lowest BCUT2D eigenvalue weighted by molar-refractivity contribution is -0.134. The Morgan fingerprint density at radius 2 is 1.60 bits per heavy atom. The lowest BCUT2D eigenvalue weighted by Crippen LogP contribution is -2.39. The van der Waals surface area contributed by atoms with Crippen LogP contribution in [0.4, 0.5) is 39.7 Å². The summed E-state index contributed by atoms with van der Waals surface area (Å²) >= 11 is 11.4. The number of halogens is 6. The van der Waals surface area contributed by atoms with E-state index in [4.69, 9.17) is 48.9 Å². The lowest BCUT2D eigenvalue weighted by Gasteiger charge is -2.29. The Morgan fingerprint density at radius 3 is 2.18 bits per heavy atom. The van der Waals surface area contributed by atoms with Crippen molar-refractivity contribution in [2.24, 2.45) is 0 Å². The monoisotopic (exact) mass is 993 g/mol. The molecule has 1 aliphatic carbocycles. The Bertz CT molecular complexity index is 2800. The molecule has 3 aliphatic rings. The molecule has 7 rings (SSSR count). The molecular formula is C42H37Cl2F4N7O11S. The highest BCUT2D eigenvalue weighted by Crippen LogP contribution is 2.42. The Hall–Kier alpha value is -7.03. The Labute approximate surface area is 389 Å². The molecule has 0 saturated heterocycles. The van der Waals surface area contributed by atoms with Gasteiger partial charge in [-0.25, -0.2) is 32.0 Å². The molecule has 5 amide bonds. The minimum Gasteiger partial charge on any atom is -0.494 e. The molecule has 2 aliphatic heterocycles. The average molecular weight is 995 g/mol. The highest BCUT2D eigenvalue weighted by atomic mass is 35.5. The zero-order chi connectivity index (χ0) is 49.4. The van der Waals surface area contributed by atoms with Crippen molar-refractivity contribution in [3.63, 3.8) is 0 Å². The van der Waals surface area contributed by atoms with Gasteiger partial charge in [-0.2, -0.15) is 28.1 Å². The van der Waals surface area contributed by atoms with Crippen LogP contribution < -0.4 is 34.0 Å². The number of aryl methyl sites for hydroxylation is 2. The van der Waals surface area contributed by atoms with Crippen molar-refractivity contribution in [1.29, 1.82) is 0 Å². The molecule has 3 heterocycles. The van der Waals surface area contributed by atoms with E-state index >= 15 is 0 Å². The third-order valence-electron chi connectivity index (χ3n) is 9.63. The number of nitrogens with one attached hydrogen (secondary N) is 2. The number of aromatic carboxylic acids is 1. The van der Waals surface area contributed by atoms with Crippen LogP contribution in [0, 0.1) is 25.1 Å². The number of carboxylic acid groups (broad SMARTS) is 1. The third-order valence-corrected chi connectivity index (χ3v) is 11.7. The van der Waals surface area contributed by atoms with Crippen LogP contribution in [0.2, 0.25) is 10.0 Å². The molecule has 3 N–H and O–H groups in total. The van der Waals surface area contributed by atoms with Gasteiger partial charge in [0.05, 0.1) is 47.1 Å². The maximum absolute atomic E-state index is 14.7. The van der Waals surface area contributed by atoms with Gasteiger partial charge in [-0.3, -0.25) is 24.6 Å². The second-order valence-electron chi connectivity index (χ2n) is 14.1. The van der Waals surface area contributed by atoms with Gasteiger partial charge in [-0.1, -0.05) is 47.3 Å². The molecule has 354 valence electrons. The van der Waals surface area contributed by atoms with E-state index in [0.29, 0.717) is 24.0 Å². The SMILES string of the molecule is C#CCN1C(=O)COc2cc(F)c(N3C(=O)C4=C(CCCC4)C3=O)cc21.COc1c(Cl)ccc(Cl)c1C(=O)O.COc1nc(C)nc(NC(=O)NS(=O)(=O)c2ccccc2CCC(F)(F)F)n1. The number of nitrogens with zero attached hydrogens (tertiary/aromatic N) is 5. The van der Waals surface area contributed by atoms with E-state index in [9.17, 15) is 50.0 Å². The van der Waals surface area contributed by atoms with Gasteiger partial charge in [-0.05, 0) is 68.9 Å². The fraction of sp³-hybridized carbons (Fsp3) is 0.286. The Kier molecular flexibility index (Phi) is 16.4. The molecule has 0 radical (unpaired) electrons. The number of benzene rings is 3. The highest BCUT2D eigenvalue weighted by molar-refractivity contribution is 7.90. The second-order valence-corrected chi connectivity index (χ2v) is 16.5. The summed E-state index contributed by atoms with van der Waals surface area (Å²) < 4.78 is 93.5. The van der Waals surface area contributed by atoms with Crippen LogP contribution in [0.15, 0.2) is 64.6 Å². The number of anilines is 3. The number of amides is 5. The fourth-order valence-corrected chi connectivity index (χ4v) is 8.34. The maximum Gasteiger partial charge on any atom is 0.389 e. The maximum atomic E-state index is 14.7. The van der Waals surface area contributed by atoms with E-state index in [0.717, 1.165) is 29.9 Å². The van der Waals surface area contributed by atoms with Crippen LogP contribution >= 0.6 is 23.2 Å². The van der Waals surface area contributed by atoms with Crippen LogP contribution in [0.5, 0.6) is 17.5 Å². The number of carbonyl (C=O) groups excluding carboxylic acids is 4. The Balaban J connectivity index is 0.000000200. The van der Waals surface area contributed by atoms with Crippen molar-refractivity contribution in [3.05, 3.63) is 92.5 Å². The first kappa shape index (κ1) is 51.0. The molecule has 0 spiro atoms. The summed E-state index contributed by atoms with van der Waals surface area (Å²) in [5.74, 6) is -0.723. The summed E-state index contributed by atoms with van der Waals surface area (Å²) in [6.07, 6.45) is 1.82. The number of carboxylic acids is 1. The molecule has 0 bridgehead atoms. The van der Waals surface area contributed by atoms with Gasteiger partial charge in [0.25, 0.3) is 27.7 Å². The minimum atomic E-state index is -4.45. The van der Waals surface area contributed by atoms with Crippen molar-refractivity contribution in [2.45, 2.75) is 56.5 Å². The van der Waals surface area contributed by atoms with Crippen LogP contribution in [-0.2, 0) is 30.8 Å². The van der Waals surface area contributed by atoms with Crippen molar-refractivity contribution in [1.82, 2.24) is 19.7 Å². The standard InChI is InChI=1S/C19H15FN2O4.C15H16F3N5O4S.C8H6Cl2O3/c1-2-7-21-15-9-14(13(20)8-16(15)26-10-17(21)23)22-18(24)11-5-3-4-6-12(11)19(22)25;1-9-19-12(22-14(20-9)27-2)21-13(24)23-28(25,26)11-6-4-3-5-10(11)7-8-15(16,17)18;1-13-7-5(10)3-2-4(9)6(7)8(11)12/h1,8-9H,3-7,10H2;3-6H,7-8H2,1-2H3,(H2,19,20,21,22,23,24);2-3H,1H3,(H,11,12). The summed E-state index contributed by atoms with van der Waals surface area (Å²) in [4.78, 5) is 73.2. The normalized spacial score (nSPS) is 14.3. The van der Waals surface area contributed by atoms with E-state index in [1.54, 1.807) is 4.72 Å². The number of alkyl halides is 3. The third kappa shape index (κ3) is 12.3. The number of aromatic nitrogens is 3. The summed E-state index contributed by atoms with van der Waals surface area (Å²) in [6, 6.07) is 9.07. The van der Waals surface area contributed by atoms with E-state index in [1.807, 2.05) is 0 Å². The number of methoxy groups -OCH3 is 2. The predicted molar refractivity (Wildman–Crippen MR) is 232 cm³/mol. The highest BCUT2D eigenvalue weighted by Gasteiger charge is 2.42. The first-order valence-corrected chi connectivity index (χ1v) is 21.7. The lowest BCUT2D eigenvalue weighted by atomic mass is 9.93. The molecule has 0 unspecified atom stereocenters. The van der Waals surface area contributed by atoms with Crippen molar-refractivity contribution in [3.8, 4) is 29.9 Å². The van der Waals surface area contributed by atoms with E-state index in [1.165, 1.54) is 62.4 Å². The van der Waals surface area contributed by atoms with E-state index < -0.39 is 63.6 Å². The molecule has 25 heteroatoms. The quantitative estimate of drug-likeness (QED) is 0.0840. The number of rotatable bonds is 10. The van der Waals surface area contributed by atoms with Gasteiger partial charge in [0.2, 0.25) is 5.95 Å².